The summed E-state index contributed by atoms with van der Waals surface area (Å²) in [6.07, 6.45) is 2.22. The van der Waals surface area contributed by atoms with Crippen molar-refractivity contribution in [3.05, 3.63) is 57.3 Å². The van der Waals surface area contributed by atoms with Gasteiger partial charge < -0.3 is 10.2 Å². The van der Waals surface area contributed by atoms with E-state index in [2.05, 4.69) is 27.8 Å². The molecular weight excluding hydrogens is 416 g/mol. The van der Waals surface area contributed by atoms with Crippen LogP contribution in [0.3, 0.4) is 0 Å². The van der Waals surface area contributed by atoms with Gasteiger partial charge in [-0.15, -0.1) is 11.3 Å². The van der Waals surface area contributed by atoms with E-state index >= 15 is 0 Å². The molecule has 0 spiro atoms. The molecule has 3 fully saturated rings. The zero-order chi connectivity index (χ0) is 20.4. The van der Waals surface area contributed by atoms with E-state index in [1.54, 1.807) is 11.3 Å². The molecule has 30 heavy (non-hydrogen) atoms. The van der Waals surface area contributed by atoms with Crippen LogP contribution in [-0.2, 0) is 0 Å². The molecule has 6 rings (SSSR count). The molecule has 1 aromatic carbocycles. The monoisotopic (exact) mass is 438 g/mol. The van der Waals surface area contributed by atoms with E-state index in [9.17, 15) is 4.79 Å². The first-order chi connectivity index (χ1) is 14.6. The summed E-state index contributed by atoms with van der Waals surface area (Å²) in [4.78, 5) is 25.4. The number of hydrogen-bond donors (Lipinski definition) is 1. The number of likely N-dealkylation sites (tertiary alicyclic amines) is 1. The Bertz CT molecular complexity index is 1150. The molecule has 1 N–H and O–H groups in total. The molecule has 2 aliphatic heterocycles. The molecule has 2 saturated heterocycles. The Kier molecular flexibility index (Phi) is 4.37. The van der Waals surface area contributed by atoms with Crippen molar-refractivity contribution in [1.29, 1.82) is 0 Å². The van der Waals surface area contributed by atoms with Crippen LogP contribution < -0.4 is 5.32 Å². The normalized spacial score (nSPS) is 27.6. The zero-order valence-electron chi connectivity index (χ0n) is 16.8. The Hall–Kier alpha value is -2.02. The van der Waals surface area contributed by atoms with Gasteiger partial charge in [0.1, 0.15) is 10.7 Å². The van der Waals surface area contributed by atoms with Crippen LogP contribution in [-0.4, -0.2) is 46.5 Å². The lowest BCUT2D eigenvalue weighted by Gasteiger charge is -2.31. The SMILES string of the molecule is Cc1nc([C@H]2C[C@@H]2c2ccc(C(=O)N3C[C@@H]4CN[C@@H](C4)C3)cc2Cl)c2ccsc2n1. The van der Waals surface area contributed by atoms with Gasteiger partial charge >= 0.3 is 0 Å². The van der Waals surface area contributed by atoms with Crippen LogP contribution in [0.25, 0.3) is 10.2 Å². The smallest absolute Gasteiger partial charge is 0.253 e. The highest BCUT2D eigenvalue weighted by Gasteiger charge is 2.43. The fourth-order valence-corrected chi connectivity index (χ4v) is 6.39. The maximum atomic E-state index is 13.0. The van der Waals surface area contributed by atoms with Crippen molar-refractivity contribution in [2.45, 2.75) is 37.6 Å². The molecule has 7 heteroatoms. The molecule has 2 bridgehead atoms. The van der Waals surface area contributed by atoms with E-state index in [1.807, 2.05) is 24.0 Å². The van der Waals surface area contributed by atoms with Crippen molar-refractivity contribution >= 4 is 39.1 Å². The summed E-state index contributed by atoms with van der Waals surface area (Å²) in [5, 5.41) is 7.44. The van der Waals surface area contributed by atoms with Gasteiger partial charge in [0.15, 0.2) is 0 Å². The maximum Gasteiger partial charge on any atom is 0.253 e. The Labute approximate surface area is 184 Å². The highest BCUT2D eigenvalue weighted by molar-refractivity contribution is 7.16. The molecule has 4 heterocycles. The molecule has 1 amide bonds. The number of benzene rings is 1. The van der Waals surface area contributed by atoms with E-state index in [4.69, 9.17) is 16.6 Å². The minimum atomic E-state index is 0.0978. The van der Waals surface area contributed by atoms with Crippen LogP contribution in [0.15, 0.2) is 29.6 Å². The number of rotatable bonds is 3. The summed E-state index contributed by atoms with van der Waals surface area (Å²) in [6, 6.07) is 8.43. The van der Waals surface area contributed by atoms with Crippen LogP contribution in [0.2, 0.25) is 5.02 Å². The molecule has 0 radical (unpaired) electrons. The number of piperidine rings is 1. The lowest BCUT2D eigenvalue weighted by atomic mass is 9.98. The minimum Gasteiger partial charge on any atom is -0.337 e. The summed E-state index contributed by atoms with van der Waals surface area (Å²) in [5.74, 6) is 2.23. The minimum absolute atomic E-state index is 0.0978. The summed E-state index contributed by atoms with van der Waals surface area (Å²) < 4.78 is 0. The number of hydrogen-bond acceptors (Lipinski definition) is 5. The van der Waals surface area contributed by atoms with Crippen LogP contribution in [0.5, 0.6) is 0 Å². The third kappa shape index (κ3) is 3.13. The van der Waals surface area contributed by atoms with Gasteiger partial charge in [0.2, 0.25) is 0 Å². The topological polar surface area (TPSA) is 58.1 Å². The summed E-state index contributed by atoms with van der Waals surface area (Å²) in [5.41, 5.74) is 2.95. The number of nitrogens with one attached hydrogen (secondary N) is 1. The van der Waals surface area contributed by atoms with Crippen LogP contribution in [0.1, 0.15) is 52.1 Å². The fraction of sp³-hybridized carbons (Fsp3) is 0.435. The van der Waals surface area contributed by atoms with E-state index in [1.165, 1.54) is 6.42 Å². The predicted octanol–water partition coefficient (Wildman–Crippen LogP) is 4.36. The van der Waals surface area contributed by atoms with E-state index in [0.29, 0.717) is 34.4 Å². The first-order valence-corrected chi connectivity index (χ1v) is 11.9. The molecule has 3 aromatic rings. The zero-order valence-corrected chi connectivity index (χ0v) is 18.3. The Morgan fingerprint density at radius 2 is 2.10 bits per heavy atom. The van der Waals surface area contributed by atoms with Crippen molar-refractivity contribution in [3.8, 4) is 0 Å². The predicted molar refractivity (Wildman–Crippen MR) is 120 cm³/mol. The van der Waals surface area contributed by atoms with E-state index in [-0.39, 0.29) is 5.91 Å². The lowest BCUT2D eigenvalue weighted by molar-refractivity contribution is 0.0691. The molecule has 1 aliphatic carbocycles. The van der Waals surface area contributed by atoms with Gasteiger partial charge in [0, 0.05) is 47.6 Å². The molecule has 154 valence electrons. The highest BCUT2D eigenvalue weighted by atomic mass is 35.5. The summed E-state index contributed by atoms with van der Waals surface area (Å²) >= 11 is 8.35. The second-order valence-electron chi connectivity index (χ2n) is 8.90. The molecule has 3 aliphatic rings. The second kappa shape index (κ2) is 7.01. The molecule has 2 aromatic heterocycles. The number of fused-ring (bicyclic) bond motifs is 3. The Morgan fingerprint density at radius 1 is 1.20 bits per heavy atom. The van der Waals surface area contributed by atoms with Gasteiger partial charge in [0.05, 0.1) is 5.69 Å². The molecule has 0 unspecified atom stereocenters. The number of nitrogens with zero attached hydrogens (tertiary/aromatic N) is 3. The maximum absolute atomic E-state index is 13.0. The third-order valence-corrected chi connectivity index (χ3v) is 7.91. The average Bonchev–Trinajstić information content (AvgIpc) is 3.25. The molecule has 1 saturated carbocycles. The number of halogens is 1. The van der Waals surface area contributed by atoms with Crippen molar-refractivity contribution < 1.29 is 4.79 Å². The molecular formula is C23H23ClN4OS. The number of aromatic nitrogens is 2. The number of carbonyl (C=O) groups excluding carboxylic acids is 1. The molecule has 4 atom stereocenters. The van der Waals surface area contributed by atoms with Gasteiger partial charge in [-0.25, -0.2) is 9.97 Å². The van der Waals surface area contributed by atoms with E-state index in [0.717, 1.165) is 53.4 Å². The van der Waals surface area contributed by atoms with Crippen LogP contribution in [0, 0.1) is 12.8 Å². The number of aryl methyl sites for hydroxylation is 1. The van der Waals surface area contributed by atoms with Crippen LogP contribution in [0.4, 0.5) is 0 Å². The quantitative estimate of drug-likeness (QED) is 0.660. The largest absolute Gasteiger partial charge is 0.337 e. The number of amides is 1. The fourth-order valence-electron chi connectivity index (χ4n) is 5.25. The standard InChI is InChI=1S/C23H23ClN4OS/c1-12-26-21(17-4-5-30-22(17)27-12)19-8-18(19)16-3-2-14(7-20(16)24)23(29)28-10-13-6-15(11-28)25-9-13/h2-5,7,13,15,18-19,25H,6,8-11H2,1H3/t13-,15-,18+,19-/m0/s1. The van der Waals surface area contributed by atoms with Gasteiger partial charge in [-0.1, -0.05) is 17.7 Å². The summed E-state index contributed by atoms with van der Waals surface area (Å²) in [7, 11) is 0. The number of carbonyl (C=O) groups is 1. The lowest BCUT2D eigenvalue weighted by Crippen LogP contribution is -2.44. The average molecular weight is 439 g/mol. The Morgan fingerprint density at radius 3 is 2.93 bits per heavy atom. The summed E-state index contributed by atoms with van der Waals surface area (Å²) in [6.45, 7) is 4.62. The van der Waals surface area contributed by atoms with Gasteiger partial charge in [-0.05, 0) is 60.7 Å². The molecule has 5 nitrogen and oxygen atoms in total. The first kappa shape index (κ1) is 18.7. The van der Waals surface area contributed by atoms with E-state index < -0.39 is 0 Å². The Balaban J connectivity index is 1.23. The van der Waals surface area contributed by atoms with Crippen molar-refractivity contribution in [2.24, 2.45) is 5.92 Å². The van der Waals surface area contributed by atoms with Gasteiger partial charge in [-0.2, -0.15) is 0 Å². The van der Waals surface area contributed by atoms with Crippen molar-refractivity contribution in [1.82, 2.24) is 20.2 Å². The van der Waals surface area contributed by atoms with Gasteiger partial charge in [-0.3, -0.25) is 4.79 Å². The number of thiophene rings is 1. The van der Waals surface area contributed by atoms with Crippen molar-refractivity contribution in [2.75, 3.05) is 19.6 Å². The second-order valence-corrected chi connectivity index (χ2v) is 10.2. The van der Waals surface area contributed by atoms with Gasteiger partial charge in [0.25, 0.3) is 5.91 Å². The van der Waals surface area contributed by atoms with Crippen LogP contribution >= 0.6 is 22.9 Å². The first-order valence-electron chi connectivity index (χ1n) is 10.6. The van der Waals surface area contributed by atoms with Crippen molar-refractivity contribution in [3.63, 3.8) is 0 Å². The highest BCUT2D eigenvalue weighted by Crippen LogP contribution is 2.57. The third-order valence-electron chi connectivity index (χ3n) is 6.77.